The summed E-state index contributed by atoms with van der Waals surface area (Å²) in [6.07, 6.45) is 2.34. The van der Waals surface area contributed by atoms with Crippen LogP contribution in [0.2, 0.25) is 10.0 Å². The van der Waals surface area contributed by atoms with Crippen molar-refractivity contribution in [1.29, 1.82) is 0 Å². The summed E-state index contributed by atoms with van der Waals surface area (Å²) in [5.41, 5.74) is 0.391. The molecule has 0 aliphatic carbocycles. The van der Waals surface area contributed by atoms with E-state index < -0.39 is 35.9 Å². The molecule has 3 rings (SSSR count). The van der Waals surface area contributed by atoms with Gasteiger partial charge in [0, 0.05) is 5.02 Å². The van der Waals surface area contributed by atoms with Crippen molar-refractivity contribution in [3.63, 3.8) is 0 Å². The van der Waals surface area contributed by atoms with Crippen LogP contribution >= 0.6 is 23.2 Å². The lowest BCUT2D eigenvalue weighted by Crippen LogP contribution is -2.39. The topological polar surface area (TPSA) is 75.6 Å². The molecule has 1 aromatic rings. The van der Waals surface area contributed by atoms with Gasteiger partial charge >= 0.3 is 5.97 Å². The van der Waals surface area contributed by atoms with Gasteiger partial charge in [0.15, 0.2) is 0 Å². The minimum atomic E-state index is -1.05. The molecule has 1 fully saturated rings. The number of benzene rings is 1. The molecule has 0 radical (unpaired) electrons. The van der Waals surface area contributed by atoms with Crippen molar-refractivity contribution in [3.05, 3.63) is 40.4 Å². The first-order chi connectivity index (χ1) is 9.97. The molecule has 5 nitrogen and oxygen atoms in total. The first-order valence-electron chi connectivity index (χ1n) is 6.30. The van der Waals surface area contributed by atoms with Crippen LogP contribution in [0.3, 0.4) is 0 Å². The lowest BCUT2D eigenvalue weighted by molar-refractivity contribution is -0.145. The maximum Gasteiger partial charge on any atom is 0.310 e. The molecule has 2 N–H and O–H groups in total. The van der Waals surface area contributed by atoms with Crippen LogP contribution in [0.15, 0.2) is 30.4 Å². The summed E-state index contributed by atoms with van der Waals surface area (Å²) in [5.74, 6) is -3.13. The third-order valence-corrected chi connectivity index (χ3v) is 4.22. The second-order valence-electron chi connectivity index (χ2n) is 4.95. The van der Waals surface area contributed by atoms with Crippen molar-refractivity contribution >= 4 is 40.8 Å². The Morgan fingerprint density at radius 1 is 1.14 bits per heavy atom. The van der Waals surface area contributed by atoms with Crippen LogP contribution in [0.1, 0.15) is 0 Å². The van der Waals surface area contributed by atoms with Gasteiger partial charge in [-0.2, -0.15) is 0 Å². The number of hydrogen-bond acceptors (Lipinski definition) is 3. The SMILES string of the molecule is O=C(O)[C@@H]1[C@@H](C(=O)Nc2ccc(Cl)cc2Cl)[C@H]2C=C[C@@H]1O2. The summed E-state index contributed by atoms with van der Waals surface area (Å²) < 4.78 is 5.46. The zero-order chi connectivity index (χ0) is 15.1. The minimum absolute atomic E-state index is 0.294. The summed E-state index contributed by atoms with van der Waals surface area (Å²) in [4.78, 5) is 23.7. The van der Waals surface area contributed by atoms with E-state index in [1.165, 1.54) is 6.07 Å². The summed E-state index contributed by atoms with van der Waals surface area (Å²) in [5, 5.41) is 12.7. The fraction of sp³-hybridized carbons (Fsp3) is 0.286. The quantitative estimate of drug-likeness (QED) is 0.836. The average Bonchev–Trinajstić information content (AvgIpc) is 3.02. The normalized spacial score (nSPS) is 29.6. The first-order valence-corrected chi connectivity index (χ1v) is 7.05. The standard InChI is InChI=1S/C14H11Cl2NO4/c15-6-1-2-8(7(16)5-6)17-13(18)11-9-3-4-10(21-9)12(11)14(19)20/h1-5,9-12H,(H,17,18)(H,19,20)/t9-,10+,11+,12+/m1/s1. The molecule has 1 saturated heterocycles. The van der Waals surface area contributed by atoms with Crippen molar-refractivity contribution in [2.75, 3.05) is 5.32 Å². The number of halogens is 2. The molecule has 4 atom stereocenters. The molecule has 110 valence electrons. The predicted molar refractivity (Wildman–Crippen MR) is 77.5 cm³/mol. The van der Waals surface area contributed by atoms with Gasteiger partial charge in [0.25, 0.3) is 0 Å². The van der Waals surface area contributed by atoms with E-state index >= 15 is 0 Å². The van der Waals surface area contributed by atoms with E-state index in [9.17, 15) is 14.7 Å². The van der Waals surface area contributed by atoms with E-state index in [4.69, 9.17) is 27.9 Å². The van der Waals surface area contributed by atoms with Crippen LogP contribution in [0, 0.1) is 11.8 Å². The van der Waals surface area contributed by atoms with Crippen LogP contribution < -0.4 is 5.32 Å². The number of carboxylic acid groups (broad SMARTS) is 1. The Bertz CT molecular complexity index is 646. The Kier molecular flexibility index (Phi) is 3.65. The Hall–Kier alpha value is -1.56. The molecule has 21 heavy (non-hydrogen) atoms. The van der Waals surface area contributed by atoms with Gasteiger partial charge in [-0.15, -0.1) is 0 Å². The van der Waals surface area contributed by atoms with Crippen molar-refractivity contribution in [3.8, 4) is 0 Å². The third kappa shape index (κ3) is 2.52. The highest BCUT2D eigenvalue weighted by atomic mass is 35.5. The molecule has 2 bridgehead atoms. The molecule has 0 aromatic heterocycles. The number of carbonyl (C=O) groups is 2. The number of nitrogens with one attached hydrogen (secondary N) is 1. The number of aliphatic carboxylic acids is 1. The van der Waals surface area contributed by atoms with Gasteiger partial charge in [0.1, 0.15) is 5.92 Å². The molecular formula is C14H11Cl2NO4. The van der Waals surface area contributed by atoms with E-state index in [-0.39, 0.29) is 0 Å². The van der Waals surface area contributed by atoms with E-state index in [0.717, 1.165) is 0 Å². The molecule has 0 saturated carbocycles. The number of anilines is 1. The number of hydrogen-bond donors (Lipinski definition) is 2. The van der Waals surface area contributed by atoms with E-state index in [1.54, 1.807) is 24.3 Å². The Balaban J connectivity index is 1.82. The lowest BCUT2D eigenvalue weighted by Gasteiger charge is -2.21. The highest BCUT2D eigenvalue weighted by Crippen LogP contribution is 2.40. The number of ether oxygens (including phenoxy) is 1. The van der Waals surface area contributed by atoms with E-state index in [0.29, 0.717) is 15.7 Å². The van der Waals surface area contributed by atoms with Crippen molar-refractivity contribution in [2.24, 2.45) is 11.8 Å². The molecule has 1 aromatic carbocycles. The maximum absolute atomic E-state index is 12.4. The Labute approximate surface area is 130 Å². The number of carbonyl (C=O) groups excluding carboxylic acids is 1. The molecule has 2 heterocycles. The number of amides is 1. The molecule has 0 spiro atoms. The summed E-state index contributed by atoms with van der Waals surface area (Å²) in [7, 11) is 0. The van der Waals surface area contributed by atoms with Gasteiger partial charge in [-0.25, -0.2) is 0 Å². The maximum atomic E-state index is 12.4. The van der Waals surface area contributed by atoms with Crippen LogP contribution in [0.4, 0.5) is 5.69 Å². The molecule has 2 aliphatic heterocycles. The predicted octanol–water partition coefficient (Wildman–Crippen LogP) is 2.59. The van der Waals surface area contributed by atoms with Crippen molar-refractivity contribution in [2.45, 2.75) is 12.2 Å². The molecule has 7 heteroatoms. The van der Waals surface area contributed by atoms with Gasteiger partial charge in [-0.3, -0.25) is 9.59 Å². The summed E-state index contributed by atoms with van der Waals surface area (Å²) >= 11 is 11.8. The van der Waals surface area contributed by atoms with Gasteiger partial charge in [-0.1, -0.05) is 35.4 Å². The average molecular weight is 328 g/mol. The molecule has 2 aliphatic rings. The summed E-state index contributed by atoms with van der Waals surface area (Å²) in [6.45, 7) is 0. The highest BCUT2D eigenvalue weighted by Gasteiger charge is 2.53. The fourth-order valence-corrected chi connectivity index (χ4v) is 3.18. The van der Waals surface area contributed by atoms with Crippen molar-refractivity contribution in [1.82, 2.24) is 0 Å². The van der Waals surface area contributed by atoms with Crippen LogP contribution in [0.5, 0.6) is 0 Å². The first kappa shape index (κ1) is 14.4. The van der Waals surface area contributed by atoms with Crippen LogP contribution in [0.25, 0.3) is 0 Å². The zero-order valence-corrected chi connectivity index (χ0v) is 12.1. The fourth-order valence-electron chi connectivity index (χ4n) is 2.72. The van der Waals surface area contributed by atoms with Gasteiger partial charge in [-0.05, 0) is 18.2 Å². The molecule has 0 unspecified atom stereocenters. The summed E-state index contributed by atoms with van der Waals surface area (Å²) in [6, 6.07) is 4.67. The lowest BCUT2D eigenvalue weighted by atomic mass is 9.82. The van der Waals surface area contributed by atoms with Crippen LogP contribution in [-0.2, 0) is 14.3 Å². The van der Waals surface area contributed by atoms with Crippen LogP contribution in [-0.4, -0.2) is 29.2 Å². The largest absolute Gasteiger partial charge is 0.481 e. The van der Waals surface area contributed by atoms with Gasteiger partial charge in [0.05, 0.1) is 28.8 Å². The Morgan fingerprint density at radius 3 is 2.43 bits per heavy atom. The number of rotatable bonds is 3. The monoisotopic (exact) mass is 327 g/mol. The van der Waals surface area contributed by atoms with Crippen molar-refractivity contribution < 1.29 is 19.4 Å². The second kappa shape index (κ2) is 5.33. The van der Waals surface area contributed by atoms with Gasteiger partial charge in [0.2, 0.25) is 5.91 Å². The van der Waals surface area contributed by atoms with E-state index in [1.807, 2.05) is 0 Å². The molecular weight excluding hydrogens is 317 g/mol. The Morgan fingerprint density at radius 2 is 1.81 bits per heavy atom. The second-order valence-corrected chi connectivity index (χ2v) is 5.80. The highest BCUT2D eigenvalue weighted by molar-refractivity contribution is 6.36. The number of carboxylic acids is 1. The zero-order valence-electron chi connectivity index (χ0n) is 10.6. The minimum Gasteiger partial charge on any atom is -0.481 e. The third-order valence-electron chi connectivity index (χ3n) is 3.68. The van der Waals surface area contributed by atoms with E-state index in [2.05, 4.69) is 5.32 Å². The smallest absolute Gasteiger partial charge is 0.310 e. The number of fused-ring (bicyclic) bond motifs is 2. The van der Waals surface area contributed by atoms with Gasteiger partial charge < -0.3 is 15.2 Å². The molecule has 1 amide bonds.